The molecule has 0 N–H and O–H groups in total. The third-order valence-corrected chi connectivity index (χ3v) is 4.52. The number of rotatable bonds is 8. The van der Waals surface area contributed by atoms with Crippen LogP contribution in [0, 0.1) is 11.3 Å². The van der Waals surface area contributed by atoms with Crippen molar-refractivity contribution in [3.05, 3.63) is 33.6 Å². The smallest absolute Gasteiger partial charge is 0.262 e. The Bertz CT molecular complexity index is 799. The van der Waals surface area contributed by atoms with Gasteiger partial charge in [-0.15, -0.1) is 0 Å². The second-order valence-electron chi connectivity index (χ2n) is 5.54. The van der Waals surface area contributed by atoms with Gasteiger partial charge in [-0.25, -0.2) is 4.98 Å². The summed E-state index contributed by atoms with van der Waals surface area (Å²) >= 11 is 7.42. The van der Waals surface area contributed by atoms with Gasteiger partial charge in [-0.1, -0.05) is 23.4 Å². The van der Waals surface area contributed by atoms with Crippen molar-refractivity contribution in [1.82, 2.24) is 9.55 Å². The van der Waals surface area contributed by atoms with Gasteiger partial charge in [-0.05, 0) is 38.5 Å². The summed E-state index contributed by atoms with van der Waals surface area (Å²) < 4.78 is 7.21. The number of halogens is 1. The molecule has 0 aliphatic rings. The van der Waals surface area contributed by atoms with Crippen LogP contribution in [-0.2, 0) is 11.3 Å². The van der Waals surface area contributed by atoms with Crippen LogP contribution in [0.5, 0.6) is 0 Å². The van der Waals surface area contributed by atoms with Crippen LogP contribution in [-0.4, -0.2) is 28.0 Å². The molecule has 24 heavy (non-hydrogen) atoms. The molecule has 1 heterocycles. The van der Waals surface area contributed by atoms with E-state index in [1.807, 2.05) is 13.8 Å². The van der Waals surface area contributed by atoms with Gasteiger partial charge in [0.2, 0.25) is 0 Å². The summed E-state index contributed by atoms with van der Waals surface area (Å²) in [5.41, 5.74) is 0.502. The minimum absolute atomic E-state index is 0.0827. The average molecular weight is 366 g/mol. The van der Waals surface area contributed by atoms with Gasteiger partial charge >= 0.3 is 0 Å². The topological polar surface area (TPSA) is 67.9 Å². The van der Waals surface area contributed by atoms with Gasteiger partial charge in [0, 0.05) is 30.3 Å². The van der Waals surface area contributed by atoms with Crippen LogP contribution >= 0.6 is 23.4 Å². The van der Waals surface area contributed by atoms with Crippen molar-refractivity contribution in [2.75, 3.05) is 12.4 Å². The molecule has 0 atom stereocenters. The number of thioether (sulfide) groups is 1. The number of nitrogens with zero attached hydrogens (tertiary/aromatic N) is 3. The predicted molar refractivity (Wildman–Crippen MR) is 97.7 cm³/mol. The zero-order chi connectivity index (χ0) is 17.5. The van der Waals surface area contributed by atoms with Gasteiger partial charge < -0.3 is 4.74 Å². The van der Waals surface area contributed by atoms with Crippen LogP contribution in [0.3, 0.4) is 0 Å². The molecule has 0 saturated heterocycles. The molecule has 0 amide bonds. The van der Waals surface area contributed by atoms with E-state index in [-0.39, 0.29) is 11.7 Å². The Kier molecular flexibility index (Phi) is 7.10. The third-order valence-electron chi connectivity index (χ3n) is 3.30. The Morgan fingerprint density at radius 3 is 2.96 bits per heavy atom. The van der Waals surface area contributed by atoms with E-state index >= 15 is 0 Å². The van der Waals surface area contributed by atoms with Crippen LogP contribution in [0.15, 0.2) is 28.2 Å². The zero-order valence-electron chi connectivity index (χ0n) is 13.8. The Morgan fingerprint density at radius 1 is 1.46 bits per heavy atom. The molecule has 0 saturated carbocycles. The highest BCUT2D eigenvalue weighted by Gasteiger charge is 2.12. The highest BCUT2D eigenvalue weighted by atomic mass is 35.5. The molecule has 2 aromatic rings. The maximum atomic E-state index is 12.8. The normalized spacial score (nSPS) is 11.1. The number of fused-ring (bicyclic) bond motifs is 1. The molecule has 1 aromatic heterocycles. The van der Waals surface area contributed by atoms with Gasteiger partial charge in [-0.2, -0.15) is 5.26 Å². The van der Waals surface area contributed by atoms with Crippen LogP contribution in [0.25, 0.3) is 10.9 Å². The lowest BCUT2D eigenvalue weighted by molar-refractivity contribution is 0.0743. The van der Waals surface area contributed by atoms with Gasteiger partial charge in [0.25, 0.3) is 5.56 Å². The molecule has 2 rings (SSSR count). The van der Waals surface area contributed by atoms with Crippen molar-refractivity contribution in [2.45, 2.75) is 44.5 Å². The predicted octanol–water partition coefficient (Wildman–Crippen LogP) is 3.87. The van der Waals surface area contributed by atoms with Gasteiger partial charge in [0.05, 0.1) is 23.1 Å². The molecule has 0 unspecified atom stereocenters. The van der Waals surface area contributed by atoms with Crippen molar-refractivity contribution < 1.29 is 4.74 Å². The van der Waals surface area contributed by atoms with Crippen molar-refractivity contribution >= 4 is 34.3 Å². The molecule has 0 fully saturated rings. The molecular formula is C17H20ClN3O2S. The maximum Gasteiger partial charge on any atom is 0.262 e. The van der Waals surface area contributed by atoms with Crippen molar-refractivity contribution in [3.63, 3.8) is 0 Å². The molecule has 0 bridgehead atoms. The standard InChI is InChI=1S/C17H20ClN3O2S/c1-12(2)23-9-4-8-21-16(22)14-6-5-13(18)11-15(14)20-17(21)24-10-3-7-19/h5-6,11-12H,3-4,8-10H2,1-2H3. The second-order valence-corrected chi connectivity index (χ2v) is 7.04. The third kappa shape index (κ3) is 4.97. The van der Waals surface area contributed by atoms with Gasteiger partial charge in [0.1, 0.15) is 0 Å². The average Bonchev–Trinajstić information content (AvgIpc) is 2.53. The van der Waals surface area contributed by atoms with Crippen molar-refractivity contribution in [1.29, 1.82) is 5.26 Å². The van der Waals surface area contributed by atoms with E-state index in [2.05, 4.69) is 11.1 Å². The first-order valence-electron chi connectivity index (χ1n) is 7.84. The maximum absolute atomic E-state index is 12.8. The van der Waals surface area contributed by atoms with E-state index in [0.717, 1.165) is 6.42 Å². The van der Waals surface area contributed by atoms with E-state index in [0.29, 0.717) is 46.4 Å². The lowest BCUT2D eigenvalue weighted by atomic mass is 10.2. The fraction of sp³-hybridized carbons (Fsp3) is 0.471. The monoisotopic (exact) mass is 365 g/mol. The quantitative estimate of drug-likeness (QED) is 0.403. The minimum atomic E-state index is -0.0827. The number of ether oxygens (including phenoxy) is 1. The number of aromatic nitrogens is 2. The highest BCUT2D eigenvalue weighted by Crippen LogP contribution is 2.21. The van der Waals surface area contributed by atoms with Crippen LogP contribution in [0.4, 0.5) is 0 Å². The molecule has 0 aliphatic heterocycles. The fourth-order valence-electron chi connectivity index (χ4n) is 2.21. The fourth-order valence-corrected chi connectivity index (χ4v) is 3.25. The van der Waals surface area contributed by atoms with Crippen molar-refractivity contribution in [2.24, 2.45) is 0 Å². The highest BCUT2D eigenvalue weighted by molar-refractivity contribution is 7.99. The number of nitriles is 1. The minimum Gasteiger partial charge on any atom is -0.379 e. The summed E-state index contributed by atoms with van der Waals surface area (Å²) in [7, 11) is 0. The first-order valence-corrected chi connectivity index (χ1v) is 9.20. The first kappa shape index (κ1) is 18.8. The van der Waals surface area contributed by atoms with Crippen LogP contribution in [0.1, 0.15) is 26.7 Å². The number of hydrogen-bond donors (Lipinski definition) is 0. The first-order chi connectivity index (χ1) is 11.5. The summed E-state index contributed by atoms with van der Waals surface area (Å²) in [5, 5.41) is 10.4. The number of benzene rings is 1. The van der Waals surface area contributed by atoms with E-state index in [1.54, 1.807) is 22.8 Å². The van der Waals surface area contributed by atoms with Gasteiger partial charge in [-0.3, -0.25) is 9.36 Å². The molecule has 0 spiro atoms. The molecule has 7 heteroatoms. The van der Waals surface area contributed by atoms with E-state index in [1.165, 1.54) is 11.8 Å². The molecule has 1 aromatic carbocycles. The summed E-state index contributed by atoms with van der Waals surface area (Å²) in [6.07, 6.45) is 1.30. The Hall–Kier alpha value is -1.55. The Morgan fingerprint density at radius 2 is 2.25 bits per heavy atom. The zero-order valence-corrected chi connectivity index (χ0v) is 15.4. The summed E-state index contributed by atoms with van der Waals surface area (Å²) in [6, 6.07) is 7.20. The lowest BCUT2D eigenvalue weighted by Gasteiger charge is -2.13. The molecule has 0 radical (unpaired) electrons. The molecule has 5 nitrogen and oxygen atoms in total. The molecule has 0 aliphatic carbocycles. The van der Waals surface area contributed by atoms with Gasteiger partial charge in [0.15, 0.2) is 5.16 Å². The van der Waals surface area contributed by atoms with E-state index in [4.69, 9.17) is 21.6 Å². The van der Waals surface area contributed by atoms with E-state index in [9.17, 15) is 4.79 Å². The number of hydrogen-bond acceptors (Lipinski definition) is 5. The second kappa shape index (κ2) is 9.07. The van der Waals surface area contributed by atoms with Crippen molar-refractivity contribution in [3.8, 4) is 6.07 Å². The summed E-state index contributed by atoms with van der Waals surface area (Å²) in [6.45, 7) is 5.09. The summed E-state index contributed by atoms with van der Waals surface area (Å²) in [5.74, 6) is 0.595. The largest absolute Gasteiger partial charge is 0.379 e. The van der Waals surface area contributed by atoms with Crippen LogP contribution in [0.2, 0.25) is 5.02 Å². The Labute approximate surface area is 150 Å². The SMILES string of the molecule is CC(C)OCCCn1c(SCCC#N)nc2cc(Cl)ccc2c1=O. The molecule has 128 valence electrons. The summed E-state index contributed by atoms with van der Waals surface area (Å²) in [4.78, 5) is 17.4. The lowest BCUT2D eigenvalue weighted by Crippen LogP contribution is -2.24. The molecular weight excluding hydrogens is 346 g/mol. The van der Waals surface area contributed by atoms with E-state index < -0.39 is 0 Å². The Balaban J connectivity index is 2.31. The van der Waals surface area contributed by atoms with Crippen LogP contribution < -0.4 is 5.56 Å².